The zero-order valence-corrected chi connectivity index (χ0v) is 16.4. The van der Waals surface area contributed by atoms with Gasteiger partial charge in [0, 0.05) is 22.3 Å². The second-order valence-corrected chi connectivity index (χ2v) is 7.11. The average molecular weight is 409 g/mol. The highest BCUT2D eigenvalue weighted by molar-refractivity contribution is 7.14. The van der Waals surface area contributed by atoms with Crippen molar-refractivity contribution in [1.29, 1.82) is 0 Å². The molecule has 0 aliphatic rings. The Morgan fingerprint density at radius 2 is 1.55 bits per heavy atom. The Morgan fingerprint density at radius 3 is 2.21 bits per heavy atom. The number of rotatable bonds is 6. The molecule has 3 aromatic rings. The fraction of sp³-hybridized carbons (Fsp3) is 0.100. The van der Waals surface area contributed by atoms with Crippen molar-refractivity contribution in [3.8, 4) is 0 Å². The summed E-state index contributed by atoms with van der Waals surface area (Å²) in [6.07, 6.45) is 0.0509. The number of nitrogens with one attached hydrogen (secondary N) is 3. The van der Waals surface area contributed by atoms with Gasteiger partial charge in [-0.25, -0.2) is 9.78 Å². The summed E-state index contributed by atoms with van der Waals surface area (Å²) in [5.74, 6) is -0.797. The van der Waals surface area contributed by atoms with Gasteiger partial charge in [0.2, 0.25) is 11.8 Å². The minimum absolute atomic E-state index is 0.0509. The molecule has 5 N–H and O–H groups in total. The van der Waals surface area contributed by atoms with Crippen molar-refractivity contribution in [2.75, 3.05) is 16.0 Å². The molecule has 0 radical (unpaired) electrons. The first kappa shape index (κ1) is 20.0. The van der Waals surface area contributed by atoms with Gasteiger partial charge in [0.1, 0.15) is 0 Å². The number of aryl methyl sites for hydroxylation is 1. The van der Waals surface area contributed by atoms with Crippen LogP contribution in [0, 0.1) is 6.92 Å². The number of urea groups is 1. The maximum atomic E-state index is 12.2. The van der Waals surface area contributed by atoms with Crippen LogP contribution in [0.4, 0.5) is 21.3 Å². The lowest BCUT2D eigenvalue weighted by molar-refractivity contribution is -0.115. The van der Waals surface area contributed by atoms with E-state index in [2.05, 4.69) is 20.9 Å². The van der Waals surface area contributed by atoms with Crippen molar-refractivity contribution in [3.05, 3.63) is 70.7 Å². The zero-order valence-electron chi connectivity index (χ0n) is 15.6. The Hall–Kier alpha value is -3.72. The third kappa shape index (κ3) is 5.88. The standard InChI is InChI=1S/C20H19N5O3S/c1-12-2-6-15(7-3-12)23-19(28)25-20-24-16(11-29-20)10-17(26)22-14-8-4-13(5-9-14)18(21)27/h2-9,11H,10H2,1H3,(H2,21,27)(H,22,26)(H2,23,24,25,28). The maximum absolute atomic E-state index is 12.2. The van der Waals surface area contributed by atoms with Gasteiger partial charge in [-0.2, -0.15) is 0 Å². The largest absolute Gasteiger partial charge is 0.366 e. The first-order valence-electron chi connectivity index (χ1n) is 8.68. The summed E-state index contributed by atoms with van der Waals surface area (Å²) in [5.41, 5.74) is 8.40. The topological polar surface area (TPSA) is 126 Å². The highest BCUT2D eigenvalue weighted by atomic mass is 32.1. The molecule has 4 amide bonds. The van der Waals surface area contributed by atoms with E-state index in [1.165, 1.54) is 23.5 Å². The van der Waals surface area contributed by atoms with E-state index in [0.29, 0.717) is 27.8 Å². The van der Waals surface area contributed by atoms with Crippen molar-refractivity contribution in [2.45, 2.75) is 13.3 Å². The fourth-order valence-electron chi connectivity index (χ4n) is 2.43. The van der Waals surface area contributed by atoms with E-state index >= 15 is 0 Å². The third-order valence-electron chi connectivity index (χ3n) is 3.88. The number of hydrogen-bond acceptors (Lipinski definition) is 5. The third-order valence-corrected chi connectivity index (χ3v) is 4.68. The van der Waals surface area contributed by atoms with Crippen molar-refractivity contribution in [1.82, 2.24) is 4.98 Å². The Labute approximate surface area is 171 Å². The Morgan fingerprint density at radius 1 is 0.931 bits per heavy atom. The number of nitrogens with two attached hydrogens (primary N) is 1. The Balaban J connectivity index is 1.51. The average Bonchev–Trinajstić information content (AvgIpc) is 3.10. The van der Waals surface area contributed by atoms with E-state index < -0.39 is 11.9 Å². The van der Waals surface area contributed by atoms with E-state index in [4.69, 9.17) is 5.73 Å². The number of primary amides is 1. The number of nitrogens with zero attached hydrogens (tertiary/aromatic N) is 1. The highest BCUT2D eigenvalue weighted by Crippen LogP contribution is 2.17. The lowest BCUT2D eigenvalue weighted by Crippen LogP contribution is -2.19. The van der Waals surface area contributed by atoms with Gasteiger partial charge in [-0.05, 0) is 43.3 Å². The van der Waals surface area contributed by atoms with Gasteiger partial charge < -0.3 is 16.4 Å². The monoisotopic (exact) mass is 409 g/mol. The number of aromatic nitrogens is 1. The summed E-state index contributed by atoms with van der Waals surface area (Å²) >= 11 is 1.23. The molecule has 29 heavy (non-hydrogen) atoms. The summed E-state index contributed by atoms with van der Waals surface area (Å²) in [6.45, 7) is 1.97. The number of anilines is 3. The van der Waals surface area contributed by atoms with Gasteiger partial charge in [-0.15, -0.1) is 11.3 Å². The molecule has 0 aliphatic carbocycles. The van der Waals surface area contributed by atoms with Gasteiger partial charge in [-0.1, -0.05) is 17.7 Å². The predicted molar refractivity (Wildman–Crippen MR) is 113 cm³/mol. The number of hydrogen-bond donors (Lipinski definition) is 4. The number of amides is 4. The van der Waals surface area contributed by atoms with Gasteiger partial charge in [0.15, 0.2) is 5.13 Å². The van der Waals surface area contributed by atoms with E-state index in [-0.39, 0.29) is 12.3 Å². The molecular formula is C20H19N5O3S. The van der Waals surface area contributed by atoms with Crippen LogP contribution in [-0.2, 0) is 11.2 Å². The quantitative estimate of drug-likeness (QED) is 0.498. The molecule has 9 heteroatoms. The van der Waals surface area contributed by atoms with Crippen LogP contribution in [0.25, 0.3) is 0 Å². The van der Waals surface area contributed by atoms with Gasteiger partial charge in [-0.3, -0.25) is 14.9 Å². The van der Waals surface area contributed by atoms with E-state index in [9.17, 15) is 14.4 Å². The molecular weight excluding hydrogens is 390 g/mol. The van der Waals surface area contributed by atoms with E-state index in [0.717, 1.165) is 5.56 Å². The van der Waals surface area contributed by atoms with Crippen LogP contribution >= 0.6 is 11.3 Å². The van der Waals surface area contributed by atoms with Crippen LogP contribution in [0.2, 0.25) is 0 Å². The Bertz CT molecular complexity index is 1030. The lowest BCUT2D eigenvalue weighted by atomic mass is 10.2. The van der Waals surface area contributed by atoms with Crippen molar-refractivity contribution in [3.63, 3.8) is 0 Å². The summed E-state index contributed by atoms with van der Waals surface area (Å²) < 4.78 is 0. The molecule has 1 heterocycles. The van der Waals surface area contributed by atoms with Crippen LogP contribution in [-0.4, -0.2) is 22.8 Å². The molecule has 8 nitrogen and oxygen atoms in total. The summed E-state index contributed by atoms with van der Waals surface area (Å²) in [6, 6.07) is 13.3. The van der Waals surface area contributed by atoms with Gasteiger partial charge in [0.25, 0.3) is 0 Å². The molecule has 148 valence electrons. The normalized spacial score (nSPS) is 10.2. The molecule has 0 spiro atoms. The maximum Gasteiger partial charge on any atom is 0.325 e. The first-order valence-corrected chi connectivity index (χ1v) is 9.56. The van der Waals surface area contributed by atoms with E-state index in [1.807, 2.05) is 31.2 Å². The molecule has 0 bridgehead atoms. The second-order valence-electron chi connectivity index (χ2n) is 6.26. The molecule has 3 rings (SSSR count). The lowest BCUT2D eigenvalue weighted by Gasteiger charge is -2.06. The summed E-state index contributed by atoms with van der Waals surface area (Å²) in [4.78, 5) is 39.5. The van der Waals surface area contributed by atoms with Crippen LogP contribution in [0.1, 0.15) is 21.6 Å². The highest BCUT2D eigenvalue weighted by Gasteiger charge is 2.11. The smallest absolute Gasteiger partial charge is 0.325 e. The Kier molecular flexibility index (Phi) is 6.20. The number of carbonyl (C=O) groups is 3. The SMILES string of the molecule is Cc1ccc(NC(=O)Nc2nc(CC(=O)Nc3ccc(C(N)=O)cc3)cs2)cc1. The predicted octanol–water partition coefficient (Wildman–Crippen LogP) is 3.38. The fourth-order valence-corrected chi connectivity index (χ4v) is 3.13. The summed E-state index contributed by atoms with van der Waals surface area (Å²) in [5, 5.41) is 10.2. The second kappa shape index (κ2) is 8.98. The summed E-state index contributed by atoms with van der Waals surface area (Å²) in [7, 11) is 0. The molecule has 0 fully saturated rings. The first-order chi connectivity index (χ1) is 13.9. The molecule has 0 saturated heterocycles. The number of carbonyl (C=O) groups excluding carboxylic acids is 3. The molecule has 0 aliphatic heterocycles. The van der Waals surface area contributed by atoms with Crippen molar-refractivity contribution < 1.29 is 14.4 Å². The van der Waals surface area contributed by atoms with Crippen molar-refractivity contribution in [2.24, 2.45) is 5.73 Å². The molecule has 2 aromatic carbocycles. The van der Waals surface area contributed by atoms with Crippen LogP contribution in [0.15, 0.2) is 53.9 Å². The molecule has 0 saturated carbocycles. The van der Waals surface area contributed by atoms with Gasteiger partial charge in [0.05, 0.1) is 12.1 Å². The number of thiazole rings is 1. The van der Waals surface area contributed by atoms with Crippen molar-refractivity contribution >= 4 is 45.7 Å². The van der Waals surface area contributed by atoms with Crippen LogP contribution in [0.3, 0.4) is 0 Å². The zero-order chi connectivity index (χ0) is 20.8. The minimum atomic E-state index is -0.531. The number of benzene rings is 2. The van der Waals surface area contributed by atoms with Crippen LogP contribution < -0.4 is 21.7 Å². The van der Waals surface area contributed by atoms with Crippen LogP contribution in [0.5, 0.6) is 0 Å². The van der Waals surface area contributed by atoms with Gasteiger partial charge >= 0.3 is 6.03 Å². The van der Waals surface area contributed by atoms with E-state index in [1.54, 1.807) is 17.5 Å². The molecule has 1 aromatic heterocycles. The molecule has 0 atom stereocenters. The molecule has 0 unspecified atom stereocenters. The minimum Gasteiger partial charge on any atom is -0.366 e.